The first-order chi connectivity index (χ1) is 9.21. The minimum Gasteiger partial charge on any atom is -0.325 e. The van der Waals surface area contributed by atoms with E-state index in [2.05, 4.69) is 30.1 Å². The van der Waals surface area contributed by atoms with Gasteiger partial charge in [-0.3, -0.25) is 9.69 Å². The first-order valence-corrected chi connectivity index (χ1v) is 7.38. The predicted molar refractivity (Wildman–Crippen MR) is 73.5 cm³/mol. The summed E-state index contributed by atoms with van der Waals surface area (Å²) in [6.45, 7) is 7.98. The van der Waals surface area contributed by atoms with E-state index in [0.717, 1.165) is 45.4 Å². The minimum absolute atomic E-state index is 0.0976. The maximum Gasteiger partial charge on any atom is 0.240 e. The van der Waals surface area contributed by atoms with E-state index in [-0.39, 0.29) is 18.0 Å². The highest BCUT2D eigenvalue weighted by molar-refractivity contribution is 5.83. The number of hydrogen-bond donors (Lipinski definition) is 1. The maximum absolute atomic E-state index is 12.5. The number of nitrogens with zero attached hydrogens (tertiary/aromatic N) is 3. The van der Waals surface area contributed by atoms with Crippen molar-refractivity contribution in [2.24, 2.45) is 0 Å². The van der Waals surface area contributed by atoms with Crippen LogP contribution >= 0.6 is 0 Å². The van der Waals surface area contributed by atoms with Gasteiger partial charge in [0.05, 0.1) is 12.1 Å². The van der Waals surface area contributed by atoms with Crippen LogP contribution in [0.5, 0.6) is 0 Å². The van der Waals surface area contributed by atoms with Crippen LogP contribution in [-0.2, 0) is 4.79 Å². The molecule has 5 nitrogen and oxygen atoms in total. The quantitative estimate of drug-likeness (QED) is 0.806. The molecular formula is C14H24N4O. The lowest BCUT2D eigenvalue weighted by molar-refractivity contribution is -0.133. The third-order valence-electron chi connectivity index (χ3n) is 4.42. The Morgan fingerprint density at radius 3 is 2.84 bits per heavy atom. The third-order valence-corrected chi connectivity index (χ3v) is 4.42. The zero-order chi connectivity index (χ0) is 13.8. The van der Waals surface area contributed by atoms with Crippen molar-refractivity contribution >= 4 is 5.91 Å². The molecule has 2 saturated heterocycles. The summed E-state index contributed by atoms with van der Waals surface area (Å²) in [5.41, 5.74) is 0. The van der Waals surface area contributed by atoms with E-state index in [9.17, 15) is 4.79 Å². The Bertz CT molecular complexity index is 361. The molecule has 1 N–H and O–H groups in total. The molecule has 2 aliphatic heterocycles. The fourth-order valence-corrected chi connectivity index (χ4v) is 3.29. The van der Waals surface area contributed by atoms with Crippen molar-refractivity contribution in [2.45, 2.75) is 51.2 Å². The van der Waals surface area contributed by atoms with Gasteiger partial charge in [0.15, 0.2) is 0 Å². The maximum atomic E-state index is 12.5. The van der Waals surface area contributed by atoms with E-state index in [1.54, 1.807) is 4.90 Å². The highest BCUT2D eigenvalue weighted by Crippen LogP contribution is 2.21. The molecule has 5 heteroatoms. The second-order valence-electron chi connectivity index (χ2n) is 5.39. The number of carbonyl (C=O) groups excluding carboxylic acids is 1. The third kappa shape index (κ3) is 2.90. The van der Waals surface area contributed by atoms with E-state index in [1.807, 2.05) is 0 Å². The monoisotopic (exact) mass is 264 g/mol. The van der Waals surface area contributed by atoms with Crippen molar-refractivity contribution in [3.8, 4) is 6.07 Å². The Morgan fingerprint density at radius 2 is 2.21 bits per heavy atom. The summed E-state index contributed by atoms with van der Waals surface area (Å²) in [5.74, 6) is 0.124. The van der Waals surface area contributed by atoms with Crippen molar-refractivity contribution in [2.75, 3.05) is 26.2 Å². The Hall–Kier alpha value is -1.12. The Labute approximate surface area is 115 Å². The van der Waals surface area contributed by atoms with E-state index >= 15 is 0 Å². The first kappa shape index (κ1) is 14.3. The zero-order valence-electron chi connectivity index (χ0n) is 11.9. The van der Waals surface area contributed by atoms with Gasteiger partial charge in [0.1, 0.15) is 6.04 Å². The van der Waals surface area contributed by atoms with Crippen LogP contribution in [-0.4, -0.2) is 60.0 Å². The zero-order valence-corrected chi connectivity index (χ0v) is 11.9. The Balaban J connectivity index is 1.93. The molecule has 2 fully saturated rings. The number of nitriles is 1. The molecule has 0 aliphatic carbocycles. The summed E-state index contributed by atoms with van der Waals surface area (Å²) in [4.78, 5) is 16.6. The number of likely N-dealkylation sites (tertiary alicyclic amines) is 1. The van der Waals surface area contributed by atoms with Crippen molar-refractivity contribution in [1.82, 2.24) is 15.1 Å². The summed E-state index contributed by atoms with van der Waals surface area (Å²) in [6.07, 6.45) is 2.65. The molecule has 2 aliphatic rings. The lowest BCUT2D eigenvalue weighted by Gasteiger charge is -2.26. The molecule has 0 aromatic heterocycles. The van der Waals surface area contributed by atoms with E-state index < -0.39 is 0 Å². The van der Waals surface area contributed by atoms with Gasteiger partial charge in [0.25, 0.3) is 0 Å². The topological polar surface area (TPSA) is 59.4 Å². The normalized spacial score (nSPS) is 30.8. The van der Waals surface area contributed by atoms with E-state index in [0.29, 0.717) is 6.04 Å². The van der Waals surface area contributed by atoms with Gasteiger partial charge < -0.3 is 10.2 Å². The molecule has 0 spiro atoms. The minimum atomic E-state index is -0.207. The molecule has 1 unspecified atom stereocenters. The average molecular weight is 264 g/mol. The largest absolute Gasteiger partial charge is 0.325 e. The highest BCUT2D eigenvalue weighted by atomic mass is 16.2. The summed E-state index contributed by atoms with van der Waals surface area (Å²) >= 11 is 0. The van der Waals surface area contributed by atoms with Crippen LogP contribution in [0.3, 0.4) is 0 Å². The highest BCUT2D eigenvalue weighted by Gasteiger charge is 2.37. The van der Waals surface area contributed by atoms with Crippen LogP contribution in [0.25, 0.3) is 0 Å². The van der Waals surface area contributed by atoms with Gasteiger partial charge in [0.2, 0.25) is 5.91 Å². The molecule has 2 heterocycles. The molecule has 0 aromatic carbocycles. The van der Waals surface area contributed by atoms with Gasteiger partial charge in [-0.05, 0) is 32.4 Å². The number of hydrogen-bond acceptors (Lipinski definition) is 4. The van der Waals surface area contributed by atoms with Crippen LogP contribution in [0.15, 0.2) is 0 Å². The standard InChI is InChI=1S/C14H24N4O/c1-3-17(4-2)12-8-13(16-10-12)14(19)18-7-5-6-11(18)9-15/h11-13,16H,3-8,10H2,1-2H3/t11?,12-,13-/m0/s1. The van der Waals surface area contributed by atoms with Gasteiger partial charge in [-0.2, -0.15) is 5.26 Å². The molecule has 0 radical (unpaired) electrons. The number of nitrogens with one attached hydrogen (secondary N) is 1. The smallest absolute Gasteiger partial charge is 0.240 e. The fraction of sp³-hybridized carbons (Fsp3) is 0.857. The molecule has 1 amide bonds. The first-order valence-electron chi connectivity index (χ1n) is 7.38. The van der Waals surface area contributed by atoms with Gasteiger partial charge in [-0.1, -0.05) is 13.8 Å². The average Bonchev–Trinajstić information content (AvgIpc) is 3.08. The SMILES string of the molecule is CCN(CC)[C@@H]1CN[C@H](C(=O)N2CCCC2C#N)C1. The lowest BCUT2D eigenvalue weighted by Crippen LogP contribution is -2.45. The van der Waals surface area contributed by atoms with E-state index in [4.69, 9.17) is 5.26 Å². The van der Waals surface area contributed by atoms with Crippen LogP contribution in [0.4, 0.5) is 0 Å². The van der Waals surface area contributed by atoms with Gasteiger partial charge in [0, 0.05) is 19.1 Å². The summed E-state index contributed by atoms with van der Waals surface area (Å²) in [7, 11) is 0. The summed E-state index contributed by atoms with van der Waals surface area (Å²) < 4.78 is 0. The van der Waals surface area contributed by atoms with Crippen LogP contribution < -0.4 is 5.32 Å². The molecular weight excluding hydrogens is 240 g/mol. The molecule has 3 atom stereocenters. The molecule has 0 saturated carbocycles. The fourth-order valence-electron chi connectivity index (χ4n) is 3.29. The second-order valence-corrected chi connectivity index (χ2v) is 5.39. The van der Waals surface area contributed by atoms with Crippen LogP contribution in [0.1, 0.15) is 33.1 Å². The molecule has 0 bridgehead atoms. The molecule has 19 heavy (non-hydrogen) atoms. The van der Waals surface area contributed by atoms with Crippen molar-refractivity contribution in [3.63, 3.8) is 0 Å². The number of carbonyl (C=O) groups is 1. The van der Waals surface area contributed by atoms with Crippen LogP contribution in [0.2, 0.25) is 0 Å². The van der Waals surface area contributed by atoms with Crippen molar-refractivity contribution < 1.29 is 4.79 Å². The summed E-state index contributed by atoms with van der Waals surface area (Å²) in [5, 5.41) is 12.4. The summed E-state index contributed by atoms with van der Waals surface area (Å²) in [6, 6.07) is 2.39. The van der Waals surface area contributed by atoms with Crippen molar-refractivity contribution in [1.29, 1.82) is 5.26 Å². The Morgan fingerprint density at radius 1 is 1.47 bits per heavy atom. The lowest BCUT2D eigenvalue weighted by atomic mass is 10.1. The second kappa shape index (κ2) is 6.36. The van der Waals surface area contributed by atoms with Gasteiger partial charge >= 0.3 is 0 Å². The van der Waals surface area contributed by atoms with Crippen molar-refractivity contribution in [3.05, 3.63) is 0 Å². The predicted octanol–water partition coefficient (Wildman–Crippen LogP) is 0.573. The number of rotatable bonds is 4. The van der Waals surface area contributed by atoms with Gasteiger partial charge in [-0.15, -0.1) is 0 Å². The molecule has 0 aromatic rings. The molecule has 2 rings (SSSR count). The van der Waals surface area contributed by atoms with E-state index in [1.165, 1.54) is 0 Å². The Kier molecular flexibility index (Phi) is 4.78. The number of likely N-dealkylation sites (N-methyl/N-ethyl adjacent to an activating group) is 1. The van der Waals surface area contributed by atoms with Crippen LogP contribution in [0, 0.1) is 11.3 Å². The number of amides is 1. The molecule has 106 valence electrons. The van der Waals surface area contributed by atoms with Gasteiger partial charge in [-0.25, -0.2) is 0 Å².